The molecule has 0 aliphatic heterocycles. The Bertz CT molecular complexity index is 1050. The molecular weight excluding hydrogens is 332 g/mol. The molecule has 0 saturated heterocycles. The molecular formula is C14H16N6O3S. The van der Waals surface area contributed by atoms with Crippen LogP contribution in [0.25, 0.3) is 5.65 Å². The lowest BCUT2D eigenvalue weighted by Gasteiger charge is -2.25. The Kier molecular flexibility index (Phi) is 3.73. The smallest absolute Gasteiger partial charge is 0.245 e. The van der Waals surface area contributed by atoms with Crippen LogP contribution in [-0.2, 0) is 15.6 Å². The first-order valence-electron chi connectivity index (χ1n) is 7.11. The number of sulfonamides is 1. The third-order valence-electron chi connectivity index (χ3n) is 3.86. The number of nitrogens with zero attached hydrogens (tertiary/aromatic N) is 5. The van der Waals surface area contributed by atoms with Crippen LogP contribution in [0.15, 0.2) is 46.5 Å². The normalized spacial score (nSPS) is 12.6. The van der Waals surface area contributed by atoms with Crippen molar-refractivity contribution >= 4 is 15.7 Å². The van der Waals surface area contributed by atoms with Gasteiger partial charge < -0.3 is 0 Å². The van der Waals surface area contributed by atoms with E-state index in [9.17, 15) is 13.2 Å². The summed E-state index contributed by atoms with van der Waals surface area (Å²) in [7, 11) is -2.57. The van der Waals surface area contributed by atoms with Crippen molar-refractivity contribution in [3.8, 4) is 0 Å². The molecule has 0 aliphatic rings. The molecule has 24 heavy (non-hydrogen) atoms. The van der Waals surface area contributed by atoms with Crippen LogP contribution < -0.4 is 10.4 Å². The molecule has 10 heteroatoms. The van der Waals surface area contributed by atoms with Crippen molar-refractivity contribution in [2.75, 3.05) is 7.05 Å². The fraction of sp³-hybridized carbons (Fsp3) is 0.286. The second-order valence-corrected chi connectivity index (χ2v) is 7.46. The first kappa shape index (κ1) is 16.3. The van der Waals surface area contributed by atoms with Crippen molar-refractivity contribution in [1.29, 1.82) is 0 Å². The Morgan fingerprint density at radius 1 is 1.17 bits per heavy atom. The Labute approximate surface area is 138 Å². The number of rotatable bonds is 4. The molecule has 9 nitrogen and oxygen atoms in total. The van der Waals surface area contributed by atoms with Gasteiger partial charge in [-0.1, -0.05) is 35.5 Å². The van der Waals surface area contributed by atoms with Crippen LogP contribution in [0.2, 0.25) is 0 Å². The zero-order valence-corrected chi connectivity index (χ0v) is 14.1. The standard InChI is InChI=1S/C14H16N6O3S/c1-14(2,10-7-5-4-6-8-10)20-13(21)19-9-16-12(11(19)17-18-20)24(22,23)15-3/h4-9,15H,1-3H3. The molecule has 2 heterocycles. The second-order valence-electron chi connectivity index (χ2n) is 5.66. The number of aromatic nitrogens is 5. The Morgan fingerprint density at radius 3 is 2.46 bits per heavy atom. The number of hydrogen-bond donors (Lipinski definition) is 1. The van der Waals surface area contributed by atoms with Crippen molar-refractivity contribution < 1.29 is 8.42 Å². The zero-order valence-electron chi connectivity index (χ0n) is 13.3. The Balaban J connectivity index is 2.23. The molecule has 0 atom stereocenters. The lowest BCUT2D eigenvalue weighted by Crippen LogP contribution is -2.42. The highest BCUT2D eigenvalue weighted by atomic mass is 32.2. The minimum Gasteiger partial charge on any atom is -0.245 e. The van der Waals surface area contributed by atoms with Gasteiger partial charge in [0.05, 0.1) is 5.54 Å². The predicted octanol–water partition coefficient (Wildman–Crippen LogP) is -0.0225. The summed E-state index contributed by atoms with van der Waals surface area (Å²) in [6, 6.07) is 9.36. The van der Waals surface area contributed by atoms with Gasteiger partial charge in [-0.3, -0.25) is 0 Å². The largest absolute Gasteiger partial charge is 0.353 e. The number of benzene rings is 1. The van der Waals surface area contributed by atoms with Gasteiger partial charge in [-0.2, -0.15) is 4.68 Å². The minimum absolute atomic E-state index is 0.116. The van der Waals surface area contributed by atoms with Crippen molar-refractivity contribution in [1.82, 2.24) is 29.1 Å². The van der Waals surface area contributed by atoms with Gasteiger partial charge in [0, 0.05) is 0 Å². The highest BCUT2D eigenvalue weighted by molar-refractivity contribution is 7.89. The van der Waals surface area contributed by atoms with E-state index in [1.807, 2.05) is 44.2 Å². The number of nitrogens with one attached hydrogen (secondary N) is 1. The van der Waals surface area contributed by atoms with Crippen LogP contribution in [0.3, 0.4) is 0 Å². The van der Waals surface area contributed by atoms with Crippen LogP contribution in [-0.4, -0.2) is 39.8 Å². The Hall–Kier alpha value is -2.59. The summed E-state index contributed by atoms with van der Waals surface area (Å²) in [5.41, 5.74) is -0.552. The van der Waals surface area contributed by atoms with Crippen LogP contribution in [0.4, 0.5) is 0 Å². The summed E-state index contributed by atoms with van der Waals surface area (Å²) in [6.07, 6.45) is 1.13. The quantitative estimate of drug-likeness (QED) is 0.709. The molecule has 0 radical (unpaired) electrons. The average molecular weight is 348 g/mol. The van der Waals surface area contributed by atoms with Crippen molar-refractivity contribution in [2.24, 2.45) is 0 Å². The van der Waals surface area contributed by atoms with Gasteiger partial charge >= 0.3 is 5.69 Å². The van der Waals surface area contributed by atoms with Crippen molar-refractivity contribution in [2.45, 2.75) is 24.4 Å². The summed E-state index contributed by atoms with van der Waals surface area (Å²) in [6.45, 7) is 3.65. The van der Waals surface area contributed by atoms with E-state index in [0.29, 0.717) is 0 Å². The molecule has 126 valence electrons. The summed E-state index contributed by atoms with van der Waals surface area (Å²) in [5, 5.41) is 7.50. The number of imidazole rings is 1. The van der Waals surface area contributed by atoms with Crippen molar-refractivity contribution in [3.05, 3.63) is 52.7 Å². The predicted molar refractivity (Wildman–Crippen MR) is 86.2 cm³/mol. The molecule has 0 spiro atoms. The summed E-state index contributed by atoms with van der Waals surface area (Å²) < 4.78 is 28.3. The van der Waals surface area contributed by atoms with Gasteiger partial charge in [0.15, 0.2) is 0 Å². The first-order chi connectivity index (χ1) is 11.3. The van der Waals surface area contributed by atoms with Crippen molar-refractivity contribution in [3.63, 3.8) is 0 Å². The molecule has 1 aromatic carbocycles. The van der Waals surface area contributed by atoms with E-state index in [4.69, 9.17) is 0 Å². The van der Waals surface area contributed by atoms with E-state index in [1.54, 1.807) is 0 Å². The van der Waals surface area contributed by atoms with Gasteiger partial charge in [-0.15, -0.1) is 5.10 Å². The van der Waals surface area contributed by atoms with E-state index in [0.717, 1.165) is 16.3 Å². The molecule has 0 bridgehead atoms. The first-order valence-corrected chi connectivity index (χ1v) is 8.60. The fourth-order valence-corrected chi connectivity index (χ4v) is 3.15. The van der Waals surface area contributed by atoms with E-state index in [2.05, 4.69) is 20.0 Å². The van der Waals surface area contributed by atoms with Gasteiger partial charge in [-0.05, 0) is 26.5 Å². The average Bonchev–Trinajstić information content (AvgIpc) is 3.01. The van der Waals surface area contributed by atoms with Crippen LogP contribution in [0, 0.1) is 0 Å². The van der Waals surface area contributed by atoms with Gasteiger partial charge in [0.2, 0.25) is 10.7 Å². The van der Waals surface area contributed by atoms with Crippen LogP contribution in [0.1, 0.15) is 19.4 Å². The second kappa shape index (κ2) is 5.49. The maximum Gasteiger partial charge on any atom is 0.353 e. The van der Waals surface area contributed by atoms with Gasteiger partial charge in [-0.25, -0.2) is 27.3 Å². The highest BCUT2D eigenvalue weighted by Crippen LogP contribution is 2.22. The molecule has 1 N–H and O–H groups in total. The van der Waals surface area contributed by atoms with Crippen LogP contribution >= 0.6 is 0 Å². The van der Waals surface area contributed by atoms with Gasteiger partial charge in [0.25, 0.3) is 10.0 Å². The third-order valence-corrected chi connectivity index (χ3v) is 5.19. The molecule has 2 aromatic heterocycles. The summed E-state index contributed by atoms with van der Waals surface area (Å²) in [4.78, 5) is 16.5. The van der Waals surface area contributed by atoms with Gasteiger partial charge in [0.1, 0.15) is 6.33 Å². The zero-order chi connectivity index (χ0) is 17.5. The van der Waals surface area contributed by atoms with E-state index >= 15 is 0 Å². The molecule has 3 aromatic rings. The topological polar surface area (TPSA) is 111 Å². The molecule has 0 fully saturated rings. The molecule has 3 rings (SSSR count). The summed E-state index contributed by atoms with van der Waals surface area (Å²) in [5.74, 6) is 0. The fourth-order valence-electron chi connectivity index (χ4n) is 2.39. The number of fused-ring (bicyclic) bond motifs is 1. The lowest BCUT2D eigenvalue weighted by atomic mass is 9.95. The summed E-state index contributed by atoms with van der Waals surface area (Å²) >= 11 is 0. The monoisotopic (exact) mass is 348 g/mol. The van der Waals surface area contributed by atoms with E-state index < -0.39 is 21.3 Å². The maximum atomic E-state index is 12.7. The van der Waals surface area contributed by atoms with E-state index in [1.165, 1.54) is 11.7 Å². The lowest BCUT2D eigenvalue weighted by molar-refractivity contribution is 0.344. The third kappa shape index (κ3) is 2.39. The SMILES string of the molecule is CNS(=O)(=O)c1ncn2c(=O)n(C(C)(C)c3ccccc3)nnc12. The molecule has 0 saturated carbocycles. The number of hydrogen-bond acceptors (Lipinski definition) is 6. The van der Waals surface area contributed by atoms with Crippen LogP contribution in [0.5, 0.6) is 0 Å². The highest BCUT2D eigenvalue weighted by Gasteiger charge is 2.28. The molecule has 0 unspecified atom stereocenters. The molecule has 0 amide bonds. The minimum atomic E-state index is -3.83. The van der Waals surface area contributed by atoms with E-state index in [-0.39, 0.29) is 10.7 Å². The molecule has 0 aliphatic carbocycles. The maximum absolute atomic E-state index is 12.7. The Morgan fingerprint density at radius 2 is 1.83 bits per heavy atom.